The Morgan fingerprint density at radius 1 is 1.60 bits per heavy atom. The Morgan fingerprint density at radius 2 is 1.60 bits per heavy atom. The Hall–Kier alpha value is 1.94. The molecule has 0 atom stereocenters. The maximum absolute atomic E-state index is 2.19. The van der Waals surface area contributed by atoms with E-state index in [9.17, 15) is 0 Å². The Labute approximate surface area is 65.7 Å². The summed E-state index contributed by atoms with van der Waals surface area (Å²) in [6.45, 7) is 2.19. The van der Waals surface area contributed by atoms with Crippen LogP contribution in [0.5, 0.6) is 0 Å². The number of rotatable bonds is 0. The van der Waals surface area contributed by atoms with Gasteiger partial charge in [-0.2, -0.15) is 0 Å². The summed E-state index contributed by atoms with van der Waals surface area (Å²) in [4.78, 5) is 0. The largest absolute Gasteiger partial charge is 0 e. The molecule has 0 saturated carbocycles. The smallest absolute Gasteiger partial charge is 0 e. The van der Waals surface area contributed by atoms with Crippen LogP contribution in [-0.4, -0.2) is 15.5 Å². The van der Waals surface area contributed by atoms with E-state index in [0.717, 1.165) is 0 Å². The summed E-state index contributed by atoms with van der Waals surface area (Å²) < 4.78 is 0. The maximum Gasteiger partial charge on any atom is 0 e. The summed E-state index contributed by atoms with van der Waals surface area (Å²) in [6.07, 6.45) is 0. The third-order valence-corrected chi connectivity index (χ3v) is 0. The van der Waals surface area contributed by atoms with Gasteiger partial charge in [0.25, 0.3) is 0 Å². The third kappa shape index (κ3) is 24.5. The molecule has 0 N–H and O–H groups in total. The molecule has 0 fully saturated rings. The summed E-state index contributed by atoms with van der Waals surface area (Å²) >= 11 is 1.39. The first-order chi connectivity index (χ1) is 1.41. The second-order valence-corrected chi connectivity index (χ2v) is 4.37. The zero-order valence-electron chi connectivity index (χ0n) is 3.36. The van der Waals surface area contributed by atoms with Gasteiger partial charge < -0.3 is 0 Å². The predicted molar refractivity (Wildman–Crippen MR) is 18.5 cm³/mol. The molecule has 0 nitrogen and oxygen atoms in total. The second kappa shape index (κ2) is 16.8. The molecule has 0 aliphatic carbocycles. The van der Waals surface area contributed by atoms with E-state index >= 15 is 0 Å². The molecule has 0 aliphatic heterocycles. The molecule has 1 radical (unpaired) electrons. The summed E-state index contributed by atoms with van der Waals surface area (Å²) in [5.41, 5.74) is 0. The Bertz CT molecular complexity index is 11.6. The Kier molecular flexibility index (Phi) is 52.9. The van der Waals surface area contributed by atoms with Crippen LogP contribution in [0.1, 0.15) is 0 Å². The summed E-state index contributed by atoms with van der Waals surface area (Å²) in [7, 11) is 1.37. The van der Waals surface area contributed by atoms with Crippen molar-refractivity contribution in [3.63, 3.8) is 0 Å². The molecular weight excluding hydrogens is 224 g/mol. The quantitative estimate of drug-likeness (QED) is 0.417. The van der Waals surface area contributed by atoms with Crippen molar-refractivity contribution in [2.45, 2.75) is 0 Å². The first kappa shape index (κ1) is 15.8. The molecule has 0 aromatic heterocycles. The van der Waals surface area contributed by atoms with Gasteiger partial charge in [-0.05, 0) is 0 Å². The molecule has 0 unspecified atom stereocenters. The normalized spacial score (nSPS) is 4.80. The molecule has 0 aromatic rings. The zero-order valence-corrected chi connectivity index (χ0v) is 10.4. The van der Waals surface area contributed by atoms with Crippen LogP contribution in [0.3, 0.4) is 0 Å². The van der Waals surface area contributed by atoms with Crippen molar-refractivity contribution in [3.05, 3.63) is 0 Å². The Morgan fingerprint density at radius 3 is 1.60 bits per heavy atom. The van der Waals surface area contributed by atoms with E-state index in [1.807, 2.05) is 0 Å². The van der Waals surface area contributed by atoms with Crippen LogP contribution in [0.2, 0.25) is 0 Å². The third-order valence-electron chi connectivity index (χ3n) is 0. The van der Waals surface area contributed by atoms with E-state index < -0.39 is 0 Å². The molecular formula is H5BCuFeSiZn. The van der Waals surface area contributed by atoms with Gasteiger partial charge in [0.15, 0.2) is 0 Å². The van der Waals surface area contributed by atoms with E-state index in [-0.39, 0.29) is 36.5 Å². The van der Waals surface area contributed by atoms with Gasteiger partial charge in [-0.3, -0.25) is 0 Å². The second-order valence-electron chi connectivity index (χ2n) is 0.354. The van der Waals surface area contributed by atoms with Gasteiger partial charge in [0, 0.05) is 36.5 Å². The van der Waals surface area contributed by atoms with Gasteiger partial charge in [0.1, 0.15) is 0 Å². The van der Waals surface area contributed by atoms with Crippen LogP contribution in [0.15, 0.2) is 0 Å². The molecule has 0 spiro atoms. The van der Waals surface area contributed by atoms with Crippen LogP contribution >= 0.6 is 0 Å². The van der Waals surface area contributed by atoms with E-state index in [0.29, 0.717) is 0 Å². The van der Waals surface area contributed by atoms with Crippen LogP contribution in [0.25, 0.3) is 0 Å². The fourth-order valence-electron chi connectivity index (χ4n) is 0. The van der Waals surface area contributed by atoms with Crippen LogP contribution in [-0.2, 0) is 50.7 Å². The van der Waals surface area contributed by atoms with Gasteiger partial charge in [-0.15, -0.1) is 0 Å². The molecule has 5 heteroatoms. The van der Waals surface area contributed by atoms with Crippen LogP contribution in [0.4, 0.5) is 0 Å². The minimum Gasteiger partial charge on any atom is 0 e. The predicted octanol–water partition coefficient (Wildman–Crippen LogP) is -2.11. The van der Waals surface area contributed by atoms with Crippen molar-refractivity contribution in [2.24, 2.45) is 0 Å². The fraction of sp³-hybridized carbons (Fsp3) is 0. The van der Waals surface area contributed by atoms with E-state index in [1.54, 1.807) is 0 Å². The average molecular weight is 229 g/mol. The SMILES string of the molecule is [BH2][Fe][SiH3].[Cu].[Zn]. The minimum atomic E-state index is 0. The Balaban J connectivity index is -0.0000000200. The first-order valence-corrected chi connectivity index (χ1v) is 5.83. The minimum absolute atomic E-state index is 0. The molecule has 0 aliphatic rings. The number of hydrogen-bond acceptors (Lipinski definition) is 0. The van der Waals surface area contributed by atoms with E-state index in [4.69, 9.17) is 0 Å². The summed E-state index contributed by atoms with van der Waals surface area (Å²) in [5.74, 6) is 0. The van der Waals surface area contributed by atoms with Crippen LogP contribution < -0.4 is 0 Å². The van der Waals surface area contributed by atoms with Crippen molar-refractivity contribution in [1.82, 2.24) is 0 Å². The molecule has 0 rings (SSSR count). The topological polar surface area (TPSA) is 0 Å². The fourth-order valence-corrected chi connectivity index (χ4v) is 0. The molecule has 0 bridgehead atoms. The first-order valence-electron chi connectivity index (χ1n) is 0.707. The molecule has 0 saturated heterocycles. The van der Waals surface area contributed by atoms with Crippen LogP contribution in [0, 0.1) is 0 Å². The van der Waals surface area contributed by atoms with Crippen molar-refractivity contribution in [2.75, 3.05) is 0 Å². The molecule has 5 heavy (non-hydrogen) atoms. The standard InChI is InChI=1S/BH2.Cu.Fe.H3Si.Zn/h1H2;;;1H3;/q+1;;-1;;. The van der Waals surface area contributed by atoms with Gasteiger partial charge >= 0.3 is 29.7 Å². The zero-order chi connectivity index (χ0) is 2.71. The maximum atomic E-state index is 2.19. The molecule has 0 heterocycles. The van der Waals surface area contributed by atoms with Gasteiger partial charge in [-0.1, -0.05) is 0 Å². The summed E-state index contributed by atoms with van der Waals surface area (Å²) in [6, 6.07) is 0. The molecule has 0 amide bonds. The average Bonchev–Trinajstić information content (AvgIpc) is 0.918. The van der Waals surface area contributed by atoms with Crippen molar-refractivity contribution in [3.8, 4) is 0 Å². The van der Waals surface area contributed by atoms with Crippen molar-refractivity contribution < 1.29 is 50.7 Å². The van der Waals surface area contributed by atoms with Gasteiger partial charge in [0.2, 0.25) is 0 Å². The van der Waals surface area contributed by atoms with Gasteiger partial charge in [0.05, 0.1) is 0 Å². The molecule has 0 aromatic carbocycles. The molecule has 33 valence electrons. The van der Waals surface area contributed by atoms with Crippen molar-refractivity contribution in [1.29, 1.82) is 0 Å². The van der Waals surface area contributed by atoms with Gasteiger partial charge in [-0.25, -0.2) is 0 Å². The van der Waals surface area contributed by atoms with E-state index in [2.05, 4.69) is 6.66 Å². The monoisotopic (exact) mass is 227 g/mol. The number of hydrogen-bond donors (Lipinski definition) is 0. The summed E-state index contributed by atoms with van der Waals surface area (Å²) in [5, 5.41) is 0. The van der Waals surface area contributed by atoms with Crippen molar-refractivity contribution >= 4 is 15.5 Å². The van der Waals surface area contributed by atoms with E-state index in [1.165, 1.54) is 23.0 Å².